The Morgan fingerprint density at radius 2 is 1.96 bits per heavy atom. The van der Waals surface area contributed by atoms with Crippen LogP contribution in [-0.2, 0) is 0 Å². The molecule has 1 aliphatic rings. The van der Waals surface area contributed by atoms with E-state index in [9.17, 15) is 0 Å². The number of furan rings is 1. The van der Waals surface area contributed by atoms with E-state index in [1.807, 2.05) is 41.3 Å². The lowest BCUT2D eigenvalue weighted by Gasteiger charge is -2.37. The Hall–Kier alpha value is -3.12. The molecule has 138 valence electrons. The minimum atomic E-state index is -0.330. The van der Waals surface area contributed by atoms with Gasteiger partial charge in [-0.3, -0.25) is 5.41 Å². The van der Waals surface area contributed by atoms with Crippen LogP contribution in [0, 0.1) is 5.41 Å². The molecule has 0 fully saturated rings. The van der Waals surface area contributed by atoms with Crippen LogP contribution in [0.1, 0.15) is 5.56 Å². The SMILES string of the molecule is COc1ccc(N2C(=N)c3ccoc3NC2COc2cccc(Cl)c2)cc1. The molecule has 0 radical (unpaired) electrons. The van der Waals surface area contributed by atoms with Crippen LogP contribution in [0.25, 0.3) is 0 Å². The second kappa shape index (κ2) is 7.25. The second-order valence-corrected chi connectivity index (χ2v) is 6.44. The van der Waals surface area contributed by atoms with E-state index in [1.165, 1.54) is 0 Å². The van der Waals surface area contributed by atoms with Gasteiger partial charge in [-0.2, -0.15) is 0 Å². The Bertz CT molecular complexity index is 955. The maximum atomic E-state index is 8.65. The number of anilines is 2. The third-order valence-corrected chi connectivity index (χ3v) is 4.56. The maximum Gasteiger partial charge on any atom is 0.205 e. The van der Waals surface area contributed by atoms with Crippen LogP contribution >= 0.6 is 11.6 Å². The highest BCUT2D eigenvalue weighted by Crippen LogP contribution is 2.31. The number of benzene rings is 2. The summed E-state index contributed by atoms with van der Waals surface area (Å²) in [5, 5.41) is 12.6. The number of hydrogen-bond acceptors (Lipinski definition) is 5. The lowest BCUT2D eigenvalue weighted by molar-refractivity contribution is 0.296. The van der Waals surface area contributed by atoms with Crippen molar-refractivity contribution < 1.29 is 13.9 Å². The van der Waals surface area contributed by atoms with Gasteiger partial charge in [0.1, 0.15) is 30.1 Å². The van der Waals surface area contributed by atoms with Crippen molar-refractivity contribution in [2.75, 3.05) is 23.9 Å². The minimum Gasteiger partial charge on any atom is -0.497 e. The van der Waals surface area contributed by atoms with Crippen molar-refractivity contribution in [3.8, 4) is 11.5 Å². The molecule has 1 unspecified atom stereocenters. The molecule has 0 bridgehead atoms. The number of methoxy groups -OCH3 is 1. The molecule has 27 heavy (non-hydrogen) atoms. The summed E-state index contributed by atoms with van der Waals surface area (Å²) in [5.41, 5.74) is 1.55. The molecule has 2 heterocycles. The van der Waals surface area contributed by atoms with Gasteiger partial charge in [-0.15, -0.1) is 0 Å². The zero-order valence-electron chi connectivity index (χ0n) is 14.6. The monoisotopic (exact) mass is 383 g/mol. The molecule has 4 rings (SSSR count). The fourth-order valence-electron chi connectivity index (χ4n) is 3.01. The largest absolute Gasteiger partial charge is 0.497 e. The van der Waals surface area contributed by atoms with E-state index in [4.69, 9.17) is 30.9 Å². The standard InChI is InChI=1S/C20H18ClN3O3/c1-25-15-7-5-14(6-8-15)24-18(12-27-16-4-2-3-13(21)11-16)23-20-17(19(24)22)9-10-26-20/h2-11,18,22-23H,12H2,1H3. The molecule has 1 aliphatic heterocycles. The number of amidine groups is 1. The third kappa shape index (κ3) is 3.44. The molecule has 1 atom stereocenters. The van der Waals surface area contributed by atoms with Crippen molar-refractivity contribution >= 4 is 29.0 Å². The topological polar surface area (TPSA) is 70.7 Å². The van der Waals surface area contributed by atoms with Crippen LogP contribution < -0.4 is 19.7 Å². The summed E-state index contributed by atoms with van der Waals surface area (Å²) in [6.07, 6.45) is 1.24. The van der Waals surface area contributed by atoms with Crippen LogP contribution in [0.3, 0.4) is 0 Å². The number of rotatable bonds is 5. The molecule has 6 nitrogen and oxygen atoms in total. The summed E-state index contributed by atoms with van der Waals surface area (Å²) >= 11 is 6.03. The predicted molar refractivity (Wildman–Crippen MR) is 105 cm³/mol. The molecule has 2 N–H and O–H groups in total. The smallest absolute Gasteiger partial charge is 0.205 e. The van der Waals surface area contributed by atoms with Gasteiger partial charge in [0.15, 0.2) is 0 Å². The molecule has 7 heteroatoms. The summed E-state index contributed by atoms with van der Waals surface area (Å²) in [5.74, 6) is 2.31. The maximum absolute atomic E-state index is 8.65. The first-order valence-corrected chi connectivity index (χ1v) is 8.78. The van der Waals surface area contributed by atoms with Gasteiger partial charge in [0.25, 0.3) is 0 Å². The van der Waals surface area contributed by atoms with Gasteiger partial charge in [0.05, 0.1) is 18.9 Å². The van der Waals surface area contributed by atoms with E-state index in [2.05, 4.69) is 5.32 Å². The minimum absolute atomic E-state index is 0.287. The van der Waals surface area contributed by atoms with Gasteiger partial charge in [0, 0.05) is 10.7 Å². The van der Waals surface area contributed by atoms with Gasteiger partial charge in [-0.1, -0.05) is 17.7 Å². The number of fused-ring (bicyclic) bond motifs is 1. The normalized spacial score (nSPS) is 15.9. The first-order valence-electron chi connectivity index (χ1n) is 8.40. The highest BCUT2D eigenvalue weighted by Gasteiger charge is 2.33. The Labute approximate surface area is 161 Å². The van der Waals surface area contributed by atoms with E-state index in [0.29, 0.717) is 28.1 Å². The summed E-state index contributed by atoms with van der Waals surface area (Å²) in [7, 11) is 1.62. The molecule has 0 saturated heterocycles. The predicted octanol–water partition coefficient (Wildman–Crippen LogP) is 4.60. The Morgan fingerprint density at radius 3 is 2.70 bits per heavy atom. The molecular formula is C20H18ClN3O3. The molecule has 3 aromatic rings. The van der Waals surface area contributed by atoms with E-state index >= 15 is 0 Å². The molecule has 0 saturated carbocycles. The van der Waals surface area contributed by atoms with Crippen molar-refractivity contribution in [3.05, 3.63) is 71.4 Å². The van der Waals surface area contributed by atoms with Gasteiger partial charge in [-0.25, -0.2) is 0 Å². The van der Waals surface area contributed by atoms with Crippen LogP contribution in [0.5, 0.6) is 11.5 Å². The van der Waals surface area contributed by atoms with Crippen LogP contribution in [0.4, 0.5) is 11.6 Å². The summed E-state index contributed by atoms with van der Waals surface area (Å²) in [4.78, 5) is 1.86. The van der Waals surface area contributed by atoms with E-state index in [1.54, 1.807) is 31.6 Å². The van der Waals surface area contributed by atoms with Crippen molar-refractivity contribution in [2.45, 2.75) is 6.17 Å². The van der Waals surface area contributed by atoms with Gasteiger partial charge < -0.3 is 24.1 Å². The van der Waals surface area contributed by atoms with Crippen LogP contribution in [0.15, 0.2) is 65.3 Å². The number of hydrogen-bond donors (Lipinski definition) is 2. The molecule has 1 aromatic heterocycles. The van der Waals surface area contributed by atoms with Crippen LogP contribution in [-0.4, -0.2) is 25.7 Å². The Morgan fingerprint density at radius 1 is 1.15 bits per heavy atom. The molecule has 0 spiro atoms. The lowest BCUT2D eigenvalue weighted by Crippen LogP contribution is -2.51. The summed E-state index contributed by atoms with van der Waals surface area (Å²) in [6.45, 7) is 0.287. The van der Waals surface area contributed by atoms with E-state index in [-0.39, 0.29) is 12.8 Å². The molecule has 0 amide bonds. The quantitative estimate of drug-likeness (QED) is 0.673. The molecule has 0 aliphatic carbocycles. The van der Waals surface area contributed by atoms with Gasteiger partial charge in [-0.05, 0) is 48.5 Å². The van der Waals surface area contributed by atoms with Crippen molar-refractivity contribution in [2.24, 2.45) is 0 Å². The lowest BCUT2D eigenvalue weighted by atomic mass is 10.1. The summed E-state index contributed by atoms with van der Waals surface area (Å²) < 4.78 is 16.6. The van der Waals surface area contributed by atoms with Gasteiger partial charge in [0.2, 0.25) is 5.88 Å². The highest BCUT2D eigenvalue weighted by atomic mass is 35.5. The average Bonchev–Trinajstić information content (AvgIpc) is 3.16. The number of halogens is 1. The first kappa shape index (κ1) is 17.3. The zero-order chi connectivity index (χ0) is 18.8. The van der Waals surface area contributed by atoms with Crippen molar-refractivity contribution in [3.63, 3.8) is 0 Å². The number of ether oxygens (including phenoxy) is 2. The van der Waals surface area contributed by atoms with Crippen LogP contribution in [0.2, 0.25) is 5.02 Å². The summed E-state index contributed by atoms with van der Waals surface area (Å²) in [6, 6.07) is 16.5. The third-order valence-electron chi connectivity index (χ3n) is 4.33. The Balaban J connectivity index is 1.62. The van der Waals surface area contributed by atoms with Crippen molar-refractivity contribution in [1.82, 2.24) is 0 Å². The van der Waals surface area contributed by atoms with E-state index in [0.717, 1.165) is 11.4 Å². The highest BCUT2D eigenvalue weighted by molar-refractivity contribution is 6.30. The fourth-order valence-corrected chi connectivity index (χ4v) is 3.19. The van der Waals surface area contributed by atoms with Crippen molar-refractivity contribution in [1.29, 1.82) is 5.41 Å². The fraction of sp³-hybridized carbons (Fsp3) is 0.150. The average molecular weight is 384 g/mol. The number of nitrogens with one attached hydrogen (secondary N) is 2. The van der Waals surface area contributed by atoms with E-state index < -0.39 is 0 Å². The zero-order valence-corrected chi connectivity index (χ0v) is 15.4. The van der Waals surface area contributed by atoms with Gasteiger partial charge >= 0.3 is 0 Å². The molecular weight excluding hydrogens is 366 g/mol. The first-order chi connectivity index (χ1) is 13.2. The second-order valence-electron chi connectivity index (χ2n) is 6.01. The Kier molecular flexibility index (Phi) is 4.64. The number of nitrogens with zero attached hydrogens (tertiary/aromatic N) is 1. The molecule has 2 aromatic carbocycles.